The van der Waals surface area contributed by atoms with E-state index in [-0.39, 0.29) is 11.5 Å². The van der Waals surface area contributed by atoms with Crippen LogP contribution in [0.4, 0.5) is 0 Å². The highest BCUT2D eigenvalue weighted by molar-refractivity contribution is 5.70. The van der Waals surface area contributed by atoms with Crippen LogP contribution >= 0.6 is 0 Å². The Hall–Kier alpha value is -2.37. The van der Waals surface area contributed by atoms with Crippen molar-refractivity contribution in [3.05, 3.63) is 59.7 Å². The first-order valence-electron chi connectivity index (χ1n) is 6.96. The molecular formula is C17H19NO4. The maximum absolute atomic E-state index is 10.9. The fourth-order valence-electron chi connectivity index (χ4n) is 2.19. The van der Waals surface area contributed by atoms with Gasteiger partial charge in [0.05, 0.1) is 12.1 Å². The summed E-state index contributed by atoms with van der Waals surface area (Å²) in [6.45, 7) is 1.25. The molecule has 2 aromatic rings. The van der Waals surface area contributed by atoms with Gasteiger partial charge in [-0.2, -0.15) is 0 Å². The summed E-state index contributed by atoms with van der Waals surface area (Å²) in [7, 11) is 0. The molecule has 0 aromatic heterocycles. The molecule has 0 aliphatic carbocycles. The monoisotopic (exact) mass is 301 g/mol. The van der Waals surface area contributed by atoms with Crippen LogP contribution in [0.25, 0.3) is 0 Å². The zero-order chi connectivity index (χ0) is 16.1. The number of carbonyl (C=O) groups is 1. The summed E-state index contributed by atoms with van der Waals surface area (Å²) < 4.78 is 4.84. The normalized spacial score (nSPS) is 13.4. The number of rotatable bonds is 5. The molecular weight excluding hydrogens is 282 g/mol. The zero-order valence-electron chi connectivity index (χ0n) is 12.3. The van der Waals surface area contributed by atoms with Crippen LogP contribution in [0.5, 0.6) is 11.5 Å². The van der Waals surface area contributed by atoms with Crippen molar-refractivity contribution in [3.63, 3.8) is 0 Å². The van der Waals surface area contributed by atoms with Crippen molar-refractivity contribution in [1.29, 1.82) is 0 Å². The number of phenolic OH excluding ortho intramolecular Hbond substituents is 1. The van der Waals surface area contributed by atoms with E-state index < -0.39 is 18.1 Å². The summed E-state index contributed by atoms with van der Waals surface area (Å²) >= 11 is 0. The third-order valence-corrected chi connectivity index (χ3v) is 3.32. The maximum atomic E-state index is 10.9. The molecule has 0 unspecified atom stereocenters. The minimum absolute atomic E-state index is 0.0704. The van der Waals surface area contributed by atoms with Crippen LogP contribution in [-0.2, 0) is 11.2 Å². The minimum atomic E-state index is -0.790. The first kappa shape index (κ1) is 16.0. The third kappa shape index (κ3) is 4.07. The molecule has 2 rings (SSSR count). The van der Waals surface area contributed by atoms with Gasteiger partial charge in [0.2, 0.25) is 0 Å². The Morgan fingerprint density at radius 3 is 2.50 bits per heavy atom. The van der Waals surface area contributed by atoms with Gasteiger partial charge in [0.15, 0.2) is 11.5 Å². The molecule has 0 radical (unpaired) electrons. The van der Waals surface area contributed by atoms with Crippen molar-refractivity contribution < 1.29 is 19.7 Å². The minimum Gasteiger partial charge on any atom is -0.504 e. The van der Waals surface area contributed by atoms with Crippen LogP contribution in [0.2, 0.25) is 0 Å². The van der Waals surface area contributed by atoms with E-state index >= 15 is 0 Å². The van der Waals surface area contributed by atoms with E-state index in [0.717, 1.165) is 5.56 Å². The standard InChI is InChI=1S/C17H19NO4/c1-11(19)22-16-8-7-13(10-14(16)20)17(18)15(21)9-12-5-3-2-4-6-12/h2-8,10,15,17,20-21H,9,18H2,1H3/t15-,17+/m0/s1. The fourth-order valence-corrected chi connectivity index (χ4v) is 2.19. The van der Waals surface area contributed by atoms with E-state index in [1.807, 2.05) is 30.3 Å². The lowest BCUT2D eigenvalue weighted by Crippen LogP contribution is -2.28. The van der Waals surface area contributed by atoms with E-state index in [2.05, 4.69) is 0 Å². The topological polar surface area (TPSA) is 92.8 Å². The Labute approximate surface area is 129 Å². The molecule has 116 valence electrons. The largest absolute Gasteiger partial charge is 0.504 e. The summed E-state index contributed by atoms with van der Waals surface area (Å²) in [6.07, 6.45) is -0.379. The van der Waals surface area contributed by atoms with Crippen LogP contribution in [0.1, 0.15) is 24.1 Å². The van der Waals surface area contributed by atoms with Gasteiger partial charge in [-0.05, 0) is 23.3 Å². The van der Waals surface area contributed by atoms with Gasteiger partial charge in [-0.1, -0.05) is 36.4 Å². The van der Waals surface area contributed by atoms with Gasteiger partial charge in [0, 0.05) is 13.3 Å². The molecule has 5 nitrogen and oxygen atoms in total. The molecule has 4 N–H and O–H groups in total. The van der Waals surface area contributed by atoms with E-state index in [9.17, 15) is 15.0 Å². The van der Waals surface area contributed by atoms with Gasteiger partial charge in [0.1, 0.15) is 0 Å². The lowest BCUT2D eigenvalue weighted by atomic mass is 9.96. The van der Waals surface area contributed by atoms with E-state index in [0.29, 0.717) is 12.0 Å². The van der Waals surface area contributed by atoms with Crippen molar-refractivity contribution in [1.82, 2.24) is 0 Å². The second-order valence-electron chi connectivity index (χ2n) is 5.10. The number of aliphatic hydroxyl groups is 1. The average molecular weight is 301 g/mol. The average Bonchev–Trinajstić information content (AvgIpc) is 2.49. The SMILES string of the molecule is CC(=O)Oc1ccc([C@@H](N)[C@@H](O)Cc2ccccc2)cc1O. The predicted molar refractivity (Wildman–Crippen MR) is 82.5 cm³/mol. The molecule has 0 saturated heterocycles. The number of hydrogen-bond acceptors (Lipinski definition) is 5. The second-order valence-corrected chi connectivity index (χ2v) is 5.10. The van der Waals surface area contributed by atoms with Crippen LogP contribution < -0.4 is 10.5 Å². The highest BCUT2D eigenvalue weighted by Gasteiger charge is 2.19. The van der Waals surface area contributed by atoms with Gasteiger partial charge < -0.3 is 20.7 Å². The smallest absolute Gasteiger partial charge is 0.308 e. The molecule has 2 aromatic carbocycles. The Balaban J connectivity index is 2.10. The molecule has 0 aliphatic heterocycles. The van der Waals surface area contributed by atoms with Gasteiger partial charge in [-0.15, -0.1) is 0 Å². The number of esters is 1. The maximum Gasteiger partial charge on any atom is 0.308 e. The van der Waals surface area contributed by atoms with Crippen molar-refractivity contribution in [3.8, 4) is 11.5 Å². The first-order valence-corrected chi connectivity index (χ1v) is 6.96. The quantitative estimate of drug-likeness (QED) is 0.579. The van der Waals surface area contributed by atoms with Crippen molar-refractivity contribution in [2.24, 2.45) is 5.73 Å². The summed E-state index contributed by atoms with van der Waals surface area (Å²) in [5.74, 6) is -0.632. The number of benzene rings is 2. The molecule has 0 saturated carbocycles. The molecule has 0 amide bonds. The zero-order valence-corrected chi connectivity index (χ0v) is 12.3. The summed E-state index contributed by atoms with van der Waals surface area (Å²) in [6, 6.07) is 13.4. The van der Waals surface area contributed by atoms with Crippen molar-refractivity contribution >= 4 is 5.97 Å². The highest BCUT2D eigenvalue weighted by Crippen LogP contribution is 2.30. The van der Waals surface area contributed by atoms with E-state index in [1.165, 1.54) is 19.1 Å². The highest BCUT2D eigenvalue weighted by atomic mass is 16.5. The summed E-state index contributed by atoms with van der Waals surface area (Å²) in [5.41, 5.74) is 7.58. The van der Waals surface area contributed by atoms with Crippen LogP contribution in [0, 0.1) is 0 Å². The summed E-state index contributed by atoms with van der Waals surface area (Å²) in [5, 5.41) is 20.1. The lowest BCUT2D eigenvalue weighted by molar-refractivity contribution is -0.132. The number of ether oxygens (including phenoxy) is 1. The van der Waals surface area contributed by atoms with E-state index in [4.69, 9.17) is 10.5 Å². The first-order chi connectivity index (χ1) is 10.5. The number of hydrogen-bond donors (Lipinski definition) is 3. The van der Waals surface area contributed by atoms with Crippen LogP contribution in [-0.4, -0.2) is 22.3 Å². The molecule has 0 aliphatic rings. The Morgan fingerprint density at radius 1 is 1.23 bits per heavy atom. The van der Waals surface area contributed by atoms with Crippen LogP contribution in [0.15, 0.2) is 48.5 Å². The predicted octanol–water partition coefficient (Wildman–Crippen LogP) is 1.92. The van der Waals surface area contributed by atoms with Gasteiger partial charge in [-0.25, -0.2) is 0 Å². The number of carbonyl (C=O) groups excluding carboxylic acids is 1. The number of nitrogens with two attached hydrogens (primary N) is 1. The Morgan fingerprint density at radius 2 is 1.91 bits per heavy atom. The summed E-state index contributed by atoms with van der Waals surface area (Å²) in [4.78, 5) is 10.9. The molecule has 0 bridgehead atoms. The second kappa shape index (κ2) is 7.06. The van der Waals surface area contributed by atoms with Crippen molar-refractivity contribution in [2.45, 2.75) is 25.5 Å². The lowest BCUT2D eigenvalue weighted by Gasteiger charge is -2.20. The number of aliphatic hydroxyl groups excluding tert-OH is 1. The molecule has 5 heteroatoms. The third-order valence-electron chi connectivity index (χ3n) is 3.32. The molecule has 2 atom stereocenters. The fraction of sp³-hybridized carbons (Fsp3) is 0.235. The molecule has 0 spiro atoms. The van der Waals surface area contributed by atoms with Crippen molar-refractivity contribution in [2.75, 3.05) is 0 Å². The molecule has 0 heterocycles. The van der Waals surface area contributed by atoms with E-state index in [1.54, 1.807) is 6.07 Å². The molecule has 22 heavy (non-hydrogen) atoms. The Kier molecular flexibility index (Phi) is 5.14. The number of phenols is 1. The van der Waals surface area contributed by atoms with Crippen LogP contribution in [0.3, 0.4) is 0 Å². The van der Waals surface area contributed by atoms with Gasteiger partial charge in [0.25, 0.3) is 0 Å². The Bertz CT molecular complexity index is 642. The van der Waals surface area contributed by atoms with Gasteiger partial charge >= 0.3 is 5.97 Å². The number of aromatic hydroxyl groups is 1. The van der Waals surface area contributed by atoms with Gasteiger partial charge in [-0.3, -0.25) is 4.79 Å². The molecule has 0 fully saturated rings.